The predicted octanol–water partition coefficient (Wildman–Crippen LogP) is 22.3. The standard InChI is InChI=1S/C71H135NO5/c1-3-5-7-9-11-13-15-17-19-21-23-24-25-28-31-35-39-43-47-51-55-59-63-69(74)68(67-73)72-70(75)64-60-56-52-48-44-40-36-32-29-26-27-30-34-38-42-46-50-54-58-62-66-77-71(76)65-61-57-53-49-45-41-37-33-22-20-18-16-14-12-10-8-6-4-2/h20,22,26,29,59,63,68-69,73-74H,3-19,21,23-25,27-28,30-58,60-62,64-67H2,1-2H3,(H,72,75)/b22-20-,29-26-,63-59+. The Morgan fingerprint density at radius 3 is 0.922 bits per heavy atom. The van der Waals surface area contributed by atoms with E-state index in [0.29, 0.717) is 19.4 Å². The first kappa shape index (κ1) is 75.1. The van der Waals surface area contributed by atoms with Crippen molar-refractivity contribution in [3.05, 3.63) is 36.5 Å². The first-order valence-corrected chi connectivity index (χ1v) is 34.8. The Labute approximate surface area is 481 Å². The number of unbranched alkanes of at least 4 members (excludes halogenated alkanes) is 50. The van der Waals surface area contributed by atoms with Crippen molar-refractivity contribution in [1.29, 1.82) is 0 Å². The highest BCUT2D eigenvalue weighted by atomic mass is 16.5. The van der Waals surface area contributed by atoms with Crippen LogP contribution in [0, 0.1) is 0 Å². The molecule has 0 aromatic rings. The molecule has 0 spiro atoms. The molecule has 0 aliphatic heterocycles. The largest absolute Gasteiger partial charge is 0.466 e. The van der Waals surface area contributed by atoms with Gasteiger partial charge < -0.3 is 20.3 Å². The van der Waals surface area contributed by atoms with Crippen LogP contribution < -0.4 is 5.32 Å². The summed E-state index contributed by atoms with van der Waals surface area (Å²) in [5.74, 6) is -0.0701. The molecule has 0 saturated heterocycles. The number of aliphatic hydroxyl groups excluding tert-OH is 2. The molecule has 0 aliphatic carbocycles. The minimum Gasteiger partial charge on any atom is -0.466 e. The fraction of sp³-hybridized carbons (Fsp3) is 0.887. The van der Waals surface area contributed by atoms with Gasteiger partial charge in [-0.3, -0.25) is 9.59 Å². The average molecular weight is 1080 g/mol. The maximum atomic E-state index is 12.5. The zero-order chi connectivity index (χ0) is 55.7. The number of ether oxygens (including phenoxy) is 1. The van der Waals surface area contributed by atoms with Crippen molar-refractivity contribution >= 4 is 11.9 Å². The molecule has 0 rings (SSSR count). The Hall–Kier alpha value is -1.92. The zero-order valence-electron chi connectivity index (χ0n) is 52.0. The number of carbonyl (C=O) groups is 2. The number of hydrogen-bond donors (Lipinski definition) is 3. The molecule has 2 atom stereocenters. The van der Waals surface area contributed by atoms with Crippen LogP contribution in [0.1, 0.15) is 380 Å². The van der Waals surface area contributed by atoms with Crippen LogP contribution in [-0.2, 0) is 14.3 Å². The highest BCUT2D eigenvalue weighted by Gasteiger charge is 2.18. The van der Waals surface area contributed by atoms with Gasteiger partial charge in [0.2, 0.25) is 5.91 Å². The summed E-state index contributed by atoms with van der Waals surface area (Å²) in [6.45, 7) is 4.92. The molecule has 1 amide bonds. The molecule has 0 bridgehead atoms. The molecule has 2 unspecified atom stereocenters. The van der Waals surface area contributed by atoms with E-state index in [9.17, 15) is 19.8 Å². The van der Waals surface area contributed by atoms with Crippen molar-refractivity contribution in [3.63, 3.8) is 0 Å². The van der Waals surface area contributed by atoms with Gasteiger partial charge in [-0.05, 0) is 83.5 Å². The van der Waals surface area contributed by atoms with Gasteiger partial charge in [0.25, 0.3) is 0 Å². The third-order valence-corrected chi connectivity index (χ3v) is 16.1. The van der Waals surface area contributed by atoms with Gasteiger partial charge >= 0.3 is 5.97 Å². The Kier molecular flexibility index (Phi) is 64.9. The van der Waals surface area contributed by atoms with Crippen molar-refractivity contribution in [2.45, 2.75) is 392 Å². The van der Waals surface area contributed by atoms with E-state index < -0.39 is 12.1 Å². The van der Waals surface area contributed by atoms with Gasteiger partial charge in [-0.25, -0.2) is 0 Å². The summed E-state index contributed by atoms with van der Waals surface area (Å²) in [4.78, 5) is 24.6. The number of nitrogens with one attached hydrogen (secondary N) is 1. The summed E-state index contributed by atoms with van der Waals surface area (Å²) in [7, 11) is 0. The monoisotopic (exact) mass is 1080 g/mol. The van der Waals surface area contributed by atoms with E-state index in [1.165, 1.54) is 302 Å². The Morgan fingerprint density at radius 2 is 0.610 bits per heavy atom. The summed E-state index contributed by atoms with van der Waals surface area (Å²) >= 11 is 0. The molecule has 0 heterocycles. The number of carbonyl (C=O) groups excluding carboxylic acids is 2. The normalized spacial score (nSPS) is 12.7. The van der Waals surface area contributed by atoms with Crippen LogP contribution in [0.25, 0.3) is 0 Å². The van der Waals surface area contributed by atoms with Crippen LogP contribution >= 0.6 is 0 Å². The van der Waals surface area contributed by atoms with Crippen molar-refractivity contribution in [3.8, 4) is 0 Å². The molecule has 6 heteroatoms. The van der Waals surface area contributed by atoms with Crippen LogP contribution in [0.2, 0.25) is 0 Å². The second kappa shape index (κ2) is 66.6. The summed E-state index contributed by atoms with van der Waals surface area (Å²) in [6.07, 6.45) is 84.9. The van der Waals surface area contributed by atoms with Crippen molar-refractivity contribution < 1.29 is 24.5 Å². The first-order chi connectivity index (χ1) is 38.0. The highest BCUT2D eigenvalue weighted by molar-refractivity contribution is 5.76. The molecule has 0 aromatic heterocycles. The summed E-state index contributed by atoms with van der Waals surface area (Å²) < 4.78 is 5.50. The Bertz CT molecular complexity index is 1250. The second-order valence-corrected chi connectivity index (χ2v) is 23.9. The predicted molar refractivity (Wildman–Crippen MR) is 338 cm³/mol. The van der Waals surface area contributed by atoms with Crippen LogP contribution in [0.4, 0.5) is 0 Å². The van der Waals surface area contributed by atoms with Crippen LogP contribution in [0.5, 0.6) is 0 Å². The third-order valence-electron chi connectivity index (χ3n) is 16.1. The Balaban J connectivity index is 3.45. The minimum atomic E-state index is -0.852. The molecule has 77 heavy (non-hydrogen) atoms. The minimum absolute atomic E-state index is 0.00325. The molecule has 0 aliphatic rings. The molecule has 454 valence electrons. The Morgan fingerprint density at radius 1 is 0.351 bits per heavy atom. The summed E-state index contributed by atoms with van der Waals surface area (Å²) in [5, 5.41) is 23.2. The van der Waals surface area contributed by atoms with Gasteiger partial charge in [0.1, 0.15) is 0 Å². The topological polar surface area (TPSA) is 95.9 Å². The van der Waals surface area contributed by atoms with Gasteiger partial charge in [0.05, 0.1) is 25.4 Å². The number of allylic oxidation sites excluding steroid dienone is 5. The number of esters is 1. The number of aliphatic hydroxyl groups is 2. The van der Waals surface area contributed by atoms with Crippen molar-refractivity contribution in [1.82, 2.24) is 5.32 Å². The number of amides is 1. The molecular weight excluding hydrogens is 947 g/mol. The molecule has 0 aromatic carbocycles. The smallest absolute Gasteiger partial charge is 0.305 e. The lowest BCUT2D eigenvalue weighted by molar-refractivity contribution is -0.143. The molecule has 0 fully saturated rings. The second-order valence-electron chi connectivity index (χ2n) is 23.9. The lowest BCUT2D eigenvalue weighted by Gasteiger charge is -2.20. The van der Waals surface area contributed by atoms with E-state index in [2.05, 4.69) is 43.5 Å². The van der Waals surface area contributed by atoms with Crippen LogP contribution in [0.15, 0.2) is 36.5 Å². The summed E-state index contributed by atoms with van der Waals surface area (Å²) in [5.41, 5.74) is 0. The van der Waals surface area contributed by atoms with Crippen LogP contribution in [0.3, 0.4) is 0 Å². The van der Waals surface area contributed by atoms with E-state index in [1.54, 1.807) is 6.08 Å². The molecular formula is C71H135NO5. The molecule has 0 saturated carbocycles. The lowest BCUT2D eigenvalue weighted by Crippen LogP contribution is -2.45. The quantitative estimate of drug-likeness (QED) is 0.0320. The van der Waals surface area contributed by atoms with Crippen molar-refractivity contribution in [2.24, 2.45) is 0 Å². The average Bonchev–Trinajstić information content (AvgIpc) is 3.43. The molecule has 3 N–H and O–H groups in total. The van der Waals surface area contributed by atoms with Gasteiger partial charge in [0.15, 0.2) is 0 Å². The fourth-order valence-electron chi connectivity index (χ4n) is 10.8. The van der Waals surface area contributed by atoms with E-state index >= 15 is 0 Å². The van der Waals surface area contributed by atoms with Gasteiger partial charge in [0, 0.05) is 12.8 Å². The van der Waals surface area contributed by atoms with E-state index in [-0.39, 0.29) is 18.5 Å². The van der Waals surface area contributed by atoms with Crippen LogP contribution in [-0.4, -0.2) is 47.4 Å². The third kappa shape index (κ3) is 63.1. The fourth-order valence-corrected chi connectivity index (χ4v) is 10.8. The van der Waals surface area contributed by atoms with Gasteiger partial charge in [-0.1, -0.05) is 320 Å². The van der Waals surface area contributed by atoms with E-state index in [4.69, 9.17) is 4.74 Å². The summed E-state index contributed by atoms with van der Waals surface area (Å²) in [6, 6.07) is -0.636. The number of rotatable bonds is 65. The van der Waals surface area contributed by atoms with Gasteiger partial charge in [-0.2, -0.15) is 0 Å². The maximum absolute atomic E-state index is 12.5. The highest BCUT2D eigenvalue weighted by Crippen LogP contribution is 2.18. The molecule has 6 nitrogen and oxygen atoms in total. The van der Waals surface area contributed by atoms with E-state index in [1.807, 2.05) is 6.08 Å². The SMILES string of the molecule is CCCCCCCCC/C=C\CCCCCCCCCC(=O)OCCCCCCCCCCC/C=C\CCCCCCCCCC(=O)NC(CO)C(O)/C=C/CCCCCCCCCCCCCCCCCCCCCC. The molecule has 0 radical (unpaired) electrons. The lowest BCUT2D eigenvalue weighted by atomic mass is 10.0. The van der Waals surface area contributed by atoms with E-state index in [0.717, 1.165) is 51.4 Å². The van der Waals surface area contributed by atoms with Gasteiger partial charge in [-0.15, -0.1) is 0 Å². The maximum Gasteiger partial charge on any atom is 0.305 e. The number of hydrogen-bond acceptors (Lipinski definition) is 5. The first-order valence-electron chi connectivity index (χ1n) is 34.8. The zero-order valence-corrected chi connectivity index (χ0v) is 52.0. The van der Waals surface area contributed by atoms with Crippen molar-refractivity contribution in [2.75, 3.05) is 13.2 Å².